The van der Waals surface area contributed by atoms with Crippen molar-refractivity contribution in [3.05, 3.63) is 52.4 Å². The van der Waals surface area contributed by atoms with Gasteiger partial charge in [-0.1, -0.05) is 29.8 Å². The van der Waals surface area contributed by atoms with Crippen molar-refractivity contribution in [2.45, 2.75) is 42.6 Å². The number of nitrogens with one attached hydrogen (secondary N) is 1. The molecule has 0 amide bonds. The van der Waals surface area contributed by atoms with Gasteiger partial charge in [-0.3, -0.25) is 4.79 Å². The maximum absolute atomic E-state index is 12.9. The Balaban J connectivity index is 2.08. The van der Waals surface area contributed by atoms with Crippen LogP contribution in [0.3, 0.4) is 0 Å². The van der Waals surface area contributed by atoms with Gasteiger partial charge in [-0.05, 0) is 37.5 Å². The first-order valence-corrected chi connectivity index (χ1v) is 12.6. The highest BCUT2D eigenvalue weighted by Gasteiger charge is 2.43. The van der Waals surface area contributed by atoms with Crippen LogP contribution < -0.4 is 4.72 Å². The van der Waals surface area contributed by atoms with E-state index in [-0.39, 0.29) is 15.2 Å². The zero-order chi connectivity index (χ0) is 25.7. The minimum Gasteiger partial charge on any atom is -0.386 e. The standard InChI is InChI=1S/C22H28F3N2O5S2/c1-15-5-7-16(8-6-15)9-10-18-11-12-20(33-18)34(30,31)26-17(14-27(2,3)4)13-19(28)32-21(29)22(23,24)25/h5-8,11-12,17,26H,9-10,13-14H2,1-4H3/q+1/t17-/m1/s1. The molecule has 0 unspecified atom stereocenters. The third-order valence-corrected chi connectivity index (χ3v) is 7.78. The van der Waals surface area contributed by atoms with Gasteiger partial charge in [0.15, 0.2) is 0 Å². The number of hydrogen-bond donors (Lipinski definition) is 1. The Morgan fingerprint density at radius 3 is 2.24 bits per heavy atom. The van der Waals surface area contributed by atoms with E-state index < -0.39 is 40.6 Å². The summed E-state index contributed by atoms with van der Waals surface area (Å²) in [6.45, 7) is 2.06. The fourth-order valence-electron chi connectivity index (χ4n) is 3.15. The molecule has 0 aliphatic heterocycles. The second kappa shape index (κ2) is 11.0. The minimum absolute atomic E-state index is 0.0255. The number of sulfonamides is 1. The van der Waals surface area contributed by atoms with Gasteiger partial charge >= 0.3 is 18.1 Å². The number of likely N-dealkylation sites (N-methyl/N-ethyl adjacent to an activating group) is 1. The van der Waals surface area contributed by atoms with E-state index in [4.69, 9.17) is 0 Å². The number of halogens is 3. The summed E-state index contributed by atoms with van der Waals surface area (Å²) in [5, 5.41) is 0. The van der Waals surface area contributed by atoms with Crippen molar-refractivity contribution in [2.24, 2.45) is 0 Å². The van der Waals surface area contributed by atoms with Crippen LogP contribution >= 0.6 is 11.3 Å². The Kier molecular flexibility index (Phi) is 9.03. The fraction of sp³-hybridized carbons (Fsp3) is 0.455. The van der Waals surface area contributed by atoms with E-state index >= 15 is 0 Å². The van der Waals surface area contributed by atoms with E-state index in [0.29, 0.717) is 6.42 Å². The molecule has 0 fully saturated rings. The molecular weight excluding hydrogens is 493 g/mol. The number of thiophene rings is 1. The predicted octanol–water partition coefficient (Wildman–Crippen LogP) is 3.22. The minimum atomic E-state index is -5.32. The summed E-state index contributed by atoms with van der Waals surface area (Å²) in [7, 11) is 1.11. The molecule has 12 heteroatoms. The van der Waals surface area contributed by atoms with Crippen LogP contribution in [0.4, 0.5) is 13.2 Å². The lowest BCUT2D eigenvalue weighted by Gasteiger charge is -2.29. The molecule has 7 nitrogen and oxygen atoms in total. The van der Waals surface area contributed by atoms with E-state index in [9.17, 15) is 31.2 Å². The van der Waals surface area contributed by atoms with Gasteiger partial charge in [0.05, 0.1) is 40.2 Å². The SMILES string of the molecule is Cc1ccc(CCc2ccc(S(=O)(=O)N[C@H](CC(=O)OC(=O)C(F)(F)F)C[N+](C)(C)C)s2)cc1. The van der Waals surface area contributed by atoms with Crippen LogP contribution in [-0.2, 0) is 37.2 Å². The Morgan fingerprint density at radius 2 is 1.68 bits per heavy atom. The number of benzene rings is 1. The molecule has 0 saturated heterocycles. The molecule has 1 N–H and O–H groups in total. The summed E-state index contributed by atoms with van der Waals surface area (Å²) in [6.07, 6.45) is -4.69. The van der Waals surface area contributed by atoms with Gasteiger partial charge < -0.3 is 9.22 Å². The molecule has 2 aromatic rings. The molecule has 188 valence electrons. The highest BCUT2D eigenvalue weighted by Crippen LogP contribution is 2.24. The molecule has 1 heterocycles. The summed E-state index contributed by atoms with van der Waals surface area (Å²) >= 11 is 1.08. The first-order valence-electron chi connectivity index (χ1n) is 10.3. The second-order valence-corrected chi connectivity index (χ2v) is 12.1. The van der Waals surface area contributed by atoms with Gasteiger partial charge in [0.25, 0.3) is 10.0 Å². The number of carbonyl (C=O) groups excluding carboxylic acids is 2. The van der Waals surface area contributed by atoms with Gasteiger partial charge in [-0.2, -0.15) is 13.2 Å². The summed E-state index contributed by atoms with van der Waals surface area (Å²) < 4.78 is 69.3. The summed E-state index contributed by atoms with van der Waals surface area (Å²) in [5.41, 5.74) is 2.27. The van der Waals surface area contributed by atoms with E-state index in [1.165, 1.54) is 6.07 Å². The van der Waals surface area contributed by atoms with Crippen molar-refractivity contribution in [1.29, 1.82) is 0 Å². The van der Waals surface area contributed by atoms with Crippen LogP contribution in [0, 0.1) is 6.92 Å². The van der Waals surface area contributed by atoms with Crippen LogP contribution in [0.15, 0.2) is 40.6 Å². The molecule has 1 aromatic heterocycles. The monoisotopic (exact) mass is 521 g/mol. The lowest BCUT2D eigenvalue weighted by molar-refractivity contribution is -0.871. The topological polar surface area (TPSA) is 89.5 Å². The number of esters is 2. The normalized spacial score (nSPS) is 13.5. The van der Waals surface area contributed by atoms with E-state index in [1.807, 2.05) is 31.2 Å². The lowest BCUT2D eigenvalue weighted by atomic mass is 10.1. The maximum atomic E-state index is 12.9. The van der Waals surface area contributed by atoms with Crippen molar-refractivity contribution in [3.8, 4) is 0 Å². The number of aryl methyl sites for hydroxylation is 3. The molecule has 0 spiro atoms. The Labute approximate surface area is 201 Å². The molecule has 0 radical (unpaired) electrons. The third-order valence-electron chi connectivity index (χ3n) is 4.62. The smallest absolute Gasteiger partial charge is 0.386 e. The van der Waals surface area contributed by atoms with Crippen molar-refractivity contribution >= 4 is 33.3 Å². The lowest BCUT2D eigenvalue weighted by Crippen LogP contribution is -2.49. The van der Waals surface area contributed by atoms with Crippen LogP contribution in [0.2, 0.25) is 0 Å². The molecule has 2 rings (SSSR count). The molecule has 0 saturated carbocycles. The first-order chi connectivity index (χ1) is 15.5. The molecular formula is C22H28F3N2O5S2+. The van der Waals surface area contributed by atoms with E-state index in [0.717, 1.165) is 33.8 Å². The summed E-state index contributed by atoms with van der Waals surface area (Å²) in [4.78, 5) is 23.7. The zero-order valence-electron chi connectivity index (χ0n) is 19.3. The molecule has 0 aliphatic rings. The highest BCUT2D eigenvalue weighted by molar-refractivity contribution is 7.91. The average Bonchev–Trinajstić information content (AvgIpc) is 3.15. The Morgan fingerprint density at radius 1 is 1.06 bits per heavy atom. The number of hydrogen-bond acceptors (Lipinski definition) is 6. The van der Waals surface area contributed by atoms with Crippen LogP contribution in [0.5, 0.6) is 0 Å². The first kappa shape index (κ1) is 28.0. The van der Waals surface area contributed by atoms with Gasteiger partial charge in [-0.25, -0.2) is 17.9 Å². The largest absolute Gasteiger partial charge is 0.491 e. The van der Waals surface area contributed by atoms with E-state index in [1.54, 1.807) is 27.2 Å². The van der Waals surface area contributed by atoms with Crippen molar-refractivity contribution < 1.29 is 40.4 Å². The number of rotatable bonds is 10. The quantitative estimate of drug-likeness (QED) is 0.295. The van der Waals surface area contributed by atoms with Crippen molar-refractivity contribution in [1.82, 2.24) is 4.72 Å². The van der Waals surface area contributed by atoms with Gasteiger partial charge in [0.1, 0.15) is 4.21 Å². The predicted molar refractivity (Wildman–Crippen MR) is 122 cm³/mol. The maximum Gasteiger partial charge on any atom is 0.491 e. The van der Waals surface area contributed by atoms with E-state index in [2.05, 4.69) is 9.46 Å². The van der Waals surface area contributed by atoms with Crippen molar-refractivity contribution in [2.75, 3.05) is 27.7 Å². The van der Waals surface area contributed by atoms with Gasteiger partial charge in [-0.15, -0.1) is 11.3 Å². The molecule has 34 heavy (non-hydrogen) atoms. The third kappa shape index (κ3) is 9.16. The Bertz CT molecular complexity index is 1100. The number of carbonyl (C=O) groups is 2. The van der Waals surface area contributed by atoms with Crippen molar-refractivity contribution in [3.63, 3.8) is 0 Å². The molecule has 1 atom stereocenters. The Hall–Kier alpha value is -2.28. The van der Waals surface area contributed by atoms with Gasteiger partial charge in [0.2, 0.25) is 0 Å². The number of nitrogens with zero attached hydrogens (tertiary/aromatic N) is 1. The number of alkyl halides is 3. The van der Waals surface area contributed by atoms with Gasteiger partial charge in [0, 0.05) is 4.88 Å². The summed E-state index contributed by atoms with van der Waals surface area (Å²) in [5.74, 6) is -4.10. The molecule has 1 aromatic carbocycles. The second-order valence-electron chi connectivity index (χ2n) is 8.96. The van der Waals surface area contributed by atoms with Crippen LogP contribution in [0.1, 0.15) is 22.4 Å². The molecule has 0 bridgehead atoms. The van der Waals surface area contributed by atoms with Crippen LogP contribution in [0.25, 0.3) is 0 Å². The number of ether oxygens (including phenoxy) is 1. The number of quaternary nitrogens is 1. The highest BCUT2D eigenvalue weighted by atomic mass is 32.2. The summed E-state index contributed by atoms with van der Waals surface area (Å²) in [6, 6.07) is 10.1. The average molecular weight is 522 g/mol. The zero-order valence-corrected chi connectivity index (χ0v) is 20.9. The fourth-order valence-corrected chi connectivity index (χ4v) is 5.74. The van der Waals surface area contributed by atoms with Crippen LogP contribution in [-0.4, -0.2) is 64.7 Å². The molecule has 0 aliphatic carbocycles.